The Labute approximate surface area is 149 Å². The number of ether oxygens (including phenoxy) is 1. The lowest BCUT2D eigenvalue weighted by Crippen LogP contribution is -2.23. The van der Waals surface area contributed by atoms with Crippen molar-refractivity contribution in [2.75, 3.05) is 11.9 Å². The number of amides is 2. The third-order valence-electron chi connectivity index (χ3n) is 3.38. The summed E-state index contributed by atoms with van der Waals surface area (Å²) in [7, 11) is 0. The van der Waals surface area contributed by atoms with Crippen molar-refractivity contribution in [3.05, 3.63) is 59.1 Å². The first-order valence-corrected chi connectivity index (χ1v) is 8.57. The molecule has 6 nitrogen and oxygen atoms in total. The number of nitrogens with one attached hydrogen (secondary N) is 2. The van der Waals surface area contributed by atoms with E-state index in [9.17, 15) is 9.59 Å². The second-order valence-electron chi connectivity index (χ2n) is 5.49. The van der Waals surface area contributed by atoms with E-state index in [0.29, 0.717) is 11.5 Å². The molecule has 2 aromatic rings. The number of nitrogens with zero attached hydrogens (tertiary/aromatic N) is 1. The highest BCUT2D eigenvalue weighted by Crippen LogP contribution is 2.26. The number of benzene rings is 1. The van der Waals surface area contributed by atoms with E-state index in [1.807, 2.05) is 49.4 Å². The number of aromatic nitrogens is 1. The number of rotatable bonds is 6. The second kappa shape index (κ2) is 7.85. The average Bonchev–Trinajstić information content (AvgIpc) is 2.92. The molecule has 7 heteroatoms. The smallest absolute Gasteiger partial charge is 0.290 e. The molecule has 0 spiro atoms. The normalized spacial score (nSPS) is 16.6. The molecule has 1 aromatic carbocycles. The molecule has 3 rings (SSSR count). The molecular formula is C18H17N3O3S. The van der Waals surface area contributed by atoms with Crippen molar-refractivity contribution >= 4 is 34.8 Å². The van der Waals surface area contributed by atoms with Gasteiger partial charge in [0, 0.05) is 6.20 Å². The third kappa shape index (κ3) is 4.84. The van der Waals surface area contributed by atoms with Gasteiger partial charge in [-0.2, -0.15) is 0 Å². The molecule has 1 atom stereocenters. The van der Waals surface area contributed by atoms with Gasteiger partial charge in [0.05, 0.1) is 10.9 Å². The molecule has 2 N–H and O–H groups in total. The van der Waals surface area contributed by atoms with Crippen LogP contribution in [0.5, 0.6) is 5.75 Å². The van der Waals surface area contributed by atoms with Crippen LogP contribution in [0.15, 0.2) is 53.6 Å². The van der Waals surface area contributed by atoms with Crippen LogP contribution in [-0.2, 0) is 4.79 Å². The van der Waals surface area contributed by atoms with Gasteiger partial charge in [-0.05, 0) is 54.6 Å². The summed E-state index contributed by atoms with van der Waals surface area (Å²) in [6.07, 6.45) is 3.42. The number of pyridine rings is 1. The molecule has 1 aromatic heterocycles. The minimum absolute atomic E-state index is 0.0984. The lowest BCUT2D eigenvalue weighted by Gasteiger charge is -2.15. The molecule has 0 radical (unpaired) electrons. The Kier molecular flexibility index (Phi) is 5.35. The van der Waals surface area contributed by atoms with Gasteiger partial charge in [0.2, 0.25) is 0 Å². The van der Waals surface area contributed by atoms with Gasteiger partial charge in [-0.3, -0.25) is 14.9 Å². The van der Waals surface area contributed by atoms with Crippen LogP contribution < -0.4 is 15.4 Å². The van der Waals surface area contributed by atoms with Gasteiger partial charge in [0.25, 0.3) is 11.1 Å². The van der Waals surface area contributed by atoms with Gasteiger partial charge in [0.1, 0.15) is 18.2 Å². The van der Waals surface area contributed by atoms with Crippen molar-refractivity contribution in [3.63, 3.8) is 0 Å². The summed E-state index contributed by atoms with van der Waals surface area (Å²) in [5.74, 6) is 1.18. The van der Waals surface area contributed by atoms with E-state index in [-0.39, 0.29) is 17.2 Å². The maximum atomic E-state index is 11.5. The Balaban J connectivity index is 1.53. The van der Waals surface area contributed by atoms with Crippen molar-refractivity contribution in [3.8, 4) is 5.75 Å². The van der Waals surface area contributed by atoms with Crippen molar-refractivity contribution in [1.82, 2.24) is 10.3 Å². The van der Waals surface area contributed by atoms with Gasteiger partial charge in [-0.1, -0.05) is 18.2 Å². The number of thioether (sulfide) groups is 1. The number of hydrogen-bond acceptors (Lipinski definition) is 6. The zero-order chi connectivity index (χ0) is 17.6. The summed E-state index contributed by atoms with van der Waals surface area (Å²) in [6, 6.07) is 13.1. The fourth-order valence-electron chi connectivity index (χ4n) is 2.20. The Bertz CT molecular complexity index is 791. The summed E-state index contributed by atoms with van der Waals surface area (Å²) in [5, 5.41) is 5.15. The molecule has 1 aliphatic heterocycles. The quantitative estimate of drug-likeness (QED) is 0.774. The molecule has 2 heterocycles. The lowest BCUT2D eigenvalue weighted by molar-refractivity contribution is -0.115. The molecule has 128 valence electrons. The monoisotopic (exact) mass is 355 g/mol. The van der Waals surface area contributed by atoms with Gasteiger partial charge < -0.3 is 10.1 Å². The number of imide groups is 1. The highest BCUT2D eigenvalue weighted by atomic mass is 32.2. The van der Waals surface area contributed by atoms with Crippen molar-refractivity contribution in [2.24, 2.45) is 0 Å². The average molecular weight is 355 g/mol. The van der Waals surface area contributed by atoms with E-state index in [1.54, 1.807) is 12.3 Å². The van der Waals surface area contributed by atoms with Crippen molar-refractivity contribution in [2.45, 2.75) is 13.0 Å². The van der Waals surface area contributed by atoms with Crippen LogP contribution in [0.2, 0.25) is 0 Å². The Hall–Kier alpha value is -2.80. The topological polar surface area (TPSA) is 80.3 Å². The zero-order valence-electron chi connectivity index (χ0n) is 13.6. The first-order valence-electron chi connectivity index (χ1n) is 7.75. The number of carbonyl (C=O) groups is 2. The van der Waals surface area contributed by atoms with E-state index in [0.717, 1.165) is 28.9 Å². The molecule has 0 aliphatic carbocycles. The molecule has 1 fully saturated rings. The first-order chi connectivity index (χ1) is 12.1. The molecule has 25 heavy (non-hydrogen) atoms. The van der Waals surface area contributed by atoms with Crippen LogP contribution in [0.25, 0.3) is 6.08 Å². The van der Waals surface area contributed by atoms with Crippen LogP contribution in [0.3, 0.4) is 0 Å². The minimum Gasteiger partial charge on any atom is -0.491 e. The standard InChI is InChI=1S/C18H17N3O3S/c1-12(20-16-4-2-3-9-19-16)11-24-14-7-5-13(6-8-14)10-15-17(22)21-18(23)25-15/h2-10,12H,11H2,1H3,(H,19,20)(H,21,22,23)/b15-10+/t12-/m0/s1. The summed E-state index contributed by atoms with van der Waals surface area (Å²) in [6.45, 7) is 2.50. The summed E-state index contributed by atoms with van der Waals surface area (Å²) in [5.41, 5.74) is 0.833. The summed E-state index contributed by atoms with van der Waals surface area (Å²) in [4.78, 5) is 27.3. The van der Waals surface area contributed by atoms with E-state index in [2.05, 4.69) is 15.6 Å². The maximum Gasteiger partial charge on any atom is 0.290 e. The zero-order valence-corrected chi connectivity index (χ0v) is 14.4. The van der Waals surface area contributed by atoms with Crippen LogP contribution in [0, 0.1) is 0 Å². The second-order valence-corrected chi connectivity index (χ2v) is 6.51. The van der Waals surface area contributed by atoms with E-state index >= 15 is 0 Å². The van der Waals surface area contributed by atoms with Gasteiger partial charge in [0.15, 0.2) is 0 Å². The number of anilines is 1. The van der Waals surface area contributed by atoms with Gasteiger partial charge in [-0.15, -0.1) is 0 Å². The Morgan fingerprint density at radius 1 is 1.24 bits per heavy atom. The molecule has 1 aliphatic rings. The fourth-order valence-corrected chi connectivity index (χ4v) is 2.88. The van der Waals surface area contributed by atoms with Crippen molar-refractivity contribution in [1.29, 1.82) is 0 Å². The third-order valence-corrected chi connectivity index (χ3v) is 4.19. The van der Waals surface area contributed by atoms with Crippen LogP contribution in [0.4, 0.5) is 10.6 Å². The van der Waals surface area contributed by atoms with E-state index in [4.69, 9.17) is 4.74 Å². The molecule has 1 saturated heterocycles. The van der Waals surface area contributed by atoms with Crippen LogP contribution in [-0.4, -0.2) is 28.8 Å². The first kappa shape index (κ1) is 17.0. The minimum atomic E-state index is -0.357. The van der Waals surface area contributed by atoms with E-state index < -0.39 is 0 Å². The van der Waals surface area contributed by atoms with Crippen LogP contribution >= 0.6 is 11.8 Å². The summed E-state index contributed by atoms with van der Waals surface area (Å²) < 4.78 is 5.75. The molecule has 0 bridgehead atoms. The summed E-state index contributed by atoms with van der Waals surface area (Å²) >= 11 is 0.904. The highest BCUT2D eigenvalue weighted by molar-refractivity contribution is 8.18. The molecule has 2 amide bonds. The number of carbonyl (C=O) groups excluding carboxylic acids is 2. The molecular weight excluding hydrogens is 338 g/mol. The van der Waals surface area contributed by atoms with Gasteiger partial charge >= 0.3 is 0 Å². The van der Waals surface area contributed by atoms with E-state index in [1.165, 1.54) is 0 Å². The van der Waals surface area contributed by atoms with Crippen molar-refractivity contribution < 1.29 is 14.3 Å². The predicted molar refractivity (Wildman–Crippen MR) is 98.4 cm³/mol. The van der Waals surface area contributed by atoms with Crippen LogP contribution in [0.1, 0.15) is 12.5 Å². The molecule has 0 unspecified atom stereocenters. The number of hydrogen-bond donors (Lipinski definition) is 2. The maximum absolute atomic E-state index is 11.5. The molecule has 0 saturated carbocycles. The SMILES string of the molecule is C[C@@H](COc1ccc(/C=C2/SC(=O)NC2=O)cc1)Nc1ccccn1. The highest BCUT2D eigenvalue weighted by Gasteiger charge is 2.24. The largest absolute Gasteiger partial charge is 0.491 e. The Morgan fingerprint density at radius 2 is 2.04 bits per heavy atom. The predicted octanol–water partition coefficient (Wildman–Crippen LogP) is 3.28. The Morgan fingerprint density at radius 3 is 2.68 bits per heavy atom. The lowest BCUT2D eigenvalue weighted by atomic mass is 10.2. The van der Waals surface area contributed by atoms with Gasteiger partial charge in [-0.25, -0.2) is 4.98 Å². The fraction of sp³-hybridized carbons (Fsp3) is 0.167.